The molecular formula is C18H23FN4O2. The first-order chi connectivity index (χ1) is 12.0. The molecule has 0 radical (unpaired) electrons. The van der Waals surface area contributed by atoms with E-state index in [2.05, 4.69) is 10.4 Å². The van der Waals surface area contributed by atoms with Crippen molar-refractivity contribution in [1.29, 1.82) is 0 Å². The Bertz CT molecular complexity index is 716. The lowest BCUT2D eigenvalue weighted by atomic mass is 9.96. The van der Waals surface area contributed by atoms with Gasteiger partial charge in [-0.25, -0.2) is 13.9 Å². The van der Waals surface area contributed by atoms with Crippen LogP contribution in [0.2, 0.25) is 0 Å². The lowest BCUT2D eigenvalue weighted by Crippen LogP contribution is -2.50. The van der Waals surface area contributed by atoms with Gasteiger partial charge in [-0.1, -0.05) is 6.92 Å². The molecule has 0 aliphatic carbocycles. The van der Waals surface area contributed by atoms with E-state index >= 15 is 0 Å². The first kappa shape index (κ1) is 17.4. The standard InChI is InChI=1S/C18H23FN4O2/c1-13-7-10-22(12-17(13)24)18(25)20-9-6-15-8-11-23(21-15)16-4-2-14(19)3-5-16/h2-5,8,11,13,17,24H,6-7,9-10,12H2,1H3,(H,20,25). The van der Waals surface area contributed by atoms with Crippen LogP contribution in [-0.4, -0.2) is 51.6 Å². The van der Waals surface area contributed by atoms with E-state index < -0.39 is 6.10 Å². The number of aromatic nitrogens is 2. The second-order valence-corrected chi connectivity index (χ2v) is 6.49. The highest BCUT2D eigenvalue weighted by molar-refractivity contribution is 5.74. The van der Waals surface area contributed by atoms with E-state index in [0.29, 0.717) is 26.1 Å². The maximum atomic E-state index is 13.0. The second-order valence-electron chi connectivity index (χ2n) is 6.49. The first-order valence-electron chi connectivity index (χ1n) is 8.54. The summed E-state index contributed by atoms with van der Waals surface area (Å²) in [4.78, 5) is 13.8. The third-order valence-electron chi connectivity index (χ3n) is 4.60. The third-order valence-corrected chi connectivity index (χ3v) is 4.60. The van der Waals surface area contributed by atoms with Crippen LogP contribution in [-0.2, 0) is 6.42 Å². The number of nitrogens with one attached hydrogen (secondary N) is 1. The van der Waals surface area contributed by atoms with Crippen molar-refractivity contribution in [3.05, 3.63) is 48.0 Å². The van der Waals surface area contributed by atoms with Crippen LogP contribution in [0.3, 0.4) is 0 Å². The molecule has 2 heterocycles. The van der Waals surface area contributed by atoms with E-state index in [-0.39, 0.29) is 17.8 Å². The number of β-amino-alcohol motifs (C(OH)–C–C–N with tert-alkyl or cyclic N) is 1. The number of carbonyl (C=O) groups is 1. The number of amides is 2. The predicted molar refractivity (Wildman–Crippen MR) is 92.0 cm³/mol. The van der Waals surface area contributed by atoms with Gasteiger partial charge in [0.2, 0.25) is 0 Å². The first-order valence-corrected chi connectivity index (χ1v) is 8.54. The Morgan fingerprint density at radius 1 is 1.36 bits per heavy atom. The summed E-state index contributed by atoms with van der Waals surface area (Å²) in [5, 5.41) is 17.2. The highest BCUT2D eigenvalue weighted by atomic mass is 19.1. The maximum absolute atomic E-state index is 13.0. The molecule has 7 heteroatoms. The van der Waals surface area contributed by atoms with Gasteiger partial charge in [0, 0.05) is 32.3 Å². The summed E-state index contributed by atoms with van der Waals surface area (Å²) in [7, 11) is 0. The number of aliphatic hydroxyl groups excluding tert-OH is 1. The lowest BCUT2D eigenvalue weighted by molar-refractivity contribution is 0.0436. The minimum absolute atomic E-state index is 0.149. The van der Waals surface area contributed by atoms with E-state index in [4.69, 9.17) is 0 Å². The molecule has 1 aromatic carbocycles. The largest absolute Gasteiger partial charge is 0.391 e. The van der Waals surface area contributed by atoms with Gasteiger partial charge in [-0.05, 0) is 42.7 Å². The quantitative estimate of drug-likeness (QED) is 0.889. The normalized spacial score (nSPS) is 20.5. The minimum atomic E-state index is -0.453. The Hall–Kier alpha value is -2.41. The predicted octanol–water partition coefficient (Wildman–Crippen LogP) is 1.97. The van der Waals surface area contributed by atoms with Crippen LogP contribution in [0.1, 0.15) is 19.0 Å². The number of hydrogen-bond acceptors (Lipinski definition) is 3. The van der Waals surface area contributed by atoms with Crippen molar-refractivity contribution >= 4 is 6.03 Å². The molecule has 25 heavy (non-hydrogen) atoms. The minimum Gasteiger partial charge on any atom is -0.391 e. The molecule has 2 atom stereocenters. The van der Waals surface area contributed by atoms with Gasteiger partial charge < -0.3 is 15.3 Å². The second kappa shape index (κ2) is 7.65. The van der Waals surface area contributed by atoms with Crippen molar-refractivity contribution in [3.63, 3.8) is 0 Å². The molecule has 0 spiro atoms. The number of rotatable bonds is 4. The molecule has 3 rings (SSSR count). The number of carbonyl (C=O) groups excluding carboxylic acids is 1. The van der Waals surface area contributed by atoms with Crippen molar-refractivity contribution in [2.75, 3.05) is 19.6 Å². The van der Waals surface area contributed by atoms with Gasteiger partial charge in [-0.15, -0.1) is 0 Å². The number of piperidine rings is 1. The average Bonchev–Trinajstić information content (AvgIpc) is 3.06. The Labute approximate surface area is 146 Å². The van der Waals surface area contributed by atoms with Crippen molar-refractivity contribution in [1.82, 2.24) is 20.0 Å². The van der Waals surface area contributed by atoms with Crippen molar-refractivity contribution in [2.24, 2.45) is 5.92 Å². The zero-order valence-corrected chi connectivity index (χ0v) is 14.2. The van der Waals surface area contributed by atoms with E-state index in [0.717, 1.165) is 17.8 Å². The monoisotopic (exact) mass is 346 g/mol. The topological polar surface area (TPSA) is 70.4 Å². The summed E-state index contributed by atoms with van der Waals surface area (Å²) >= 11 is 0. The van der Waals surface area contributed by atoms with Crippen LogP contribution in [0, 0.1) is 11.7 Å². The number of urea groups is 1. The van der Waals surface area contributed by atoms with Gasteiger partial charge in [0.1, 0.15) is 5.82 Å². The molecule has 2 aromatic rings. The Balaban J connectivity index is 1.48. The van der Waals surface area contributed by atoms with Gasteiger partial charge in [0.05, 0.1) is 17.5 Å². The summed E-state index contributed by atoms with van der Waals surface area (Å²) in [5.74, 6) is -0.0458. The fourth-order valence-corrected chi connectivity index (χ4v) is 2.88. The molecule has 6 nitrogen and oxygen atoms in total. The van der Waals surface area contributed by atoms with Crippen LogP contribution in [0.25, 0.3) is 5.69 Å². The van der Waals surface area contributed by atoms with Gasteiger partial charge in [-0.2, -0.15) is 5.10 Å². The fraction of sp³-hybridized carbons (Fsp3) is 0.444. The molecule has 1 aliphatic rings. The molecule has 0 saturated carbocycles. The summed E-state index contributed by atoms with van der Waals surface area (Å²) in [5.41, 5.74) is 1.63. The number of hydrogen-bond donors (Lipinski definition) is 2. The number of benzene rings is 1. The highest BCUT2D eigenvalue weighted by Gasteiger charge is 2.26. The Morgan fingerprint density at radius 2 is 2.12 bits per heavy atom. The SMILES string of the molecule is CC1CCN(C(=O)NCCc2ccn(-c3ccc(F)cc3)n2)CC1O. The van der Waals surface area contributed by atoms with Crippen LogP contribution in [0.15, 0.2) is 36.5 Å². The zero-order chi connectivity index (χ0) is 17.8. The van der Waals surface area contributed by atoms with Gasteiger partial charge >= 0.3 is 6.03 Å². The van der Waals surface area contributed by atoms with Crippen molar-refractivity contribution in [2.45, 2.75) is 25.9 Å². The van der Waals surface area contributed by atoms with Gasteiger partial charge in [0.25, 0.3) is 0 Å². The van der Waals surface area contributed by atoms with Crippen LogP contribution >= 0.6 is 0 Å². The molecule has 0 bridgehead atoms. The van der Waals surface area contributed by atoms with Gasteiger partial charge in [0.15, 0.2) is 0 Å². The smallest absolute Gasteiger partial charge is 0.317 e. The van der Waals surface area contributed by atoms with Crippen molar-refractivity contribution < 1.29 is 14.3 Å². The average molecular weight is 346 g/mol. The van der Waals surface area contributed by atoms with E-state index in [9.17, 15) is 14.3 Å². The summed E-state index contributed by atoms with van der Waals surface area (Å²) in [6.07, 6.45) is 2.78. The number of likely N-dealkylation sites (tertiary alicyclic amines) is 1. The van der Waals surface area contributed by atoms with E-state index in [1.54, 1.807) is 21.7 Å². The molecular weight excluding hydrogens is 323 g/mol. The molecule has 1 aromatic heterocycles. The lowest BCUT2D eigenvalue weighted by Gasteiger charge is -2.34. The molecule has 2 N–H and O–H groups in total. The number of aliphatic hydroxyl groups is 1. The van der Waals surface area contributed by atoms with Crippen LogP contribution < -0.4 is 5.32 Å². The molecule has 1 fully saturated rings. The van der Waals surface area contributed by atoms with Crippen LogP contribution in [0.5, 0.6) is 0 Å². The molecule has 2 amide bonds. The summed E-state index contributed by atoms with van der Waals surface area (Å²) in [6.45, 7) is 3.52. The van der Waals surface area contributed by atoms with E-state index in [1.165, 1.54) is 12.1 Å². The molecule has 1 saturated heterocycles. The van der Waals surface area contributed by atoms with E-state index in [1.807, 2.05) is 19.2 Å². The number of halogens is 1. The highest BCUT2D eigenvalue weighted by Crippen LogP contribution is 2.16. The van der Waals surface area contributed by atoms with Crippen molar-refractivity contribution in [3.8, 4) is 5.69 Å². The maximum Gasteiger partial charge on any atom is 0.317 e. The van der Waals surface area contributed by atoms with Gasteiger partial charge in [-0.3, -0.25) is 0 Å². The summed E-state index contributed by atoms with van der Waals surface area (Å²) in [6, 6.07) is 7.84. The molecule has 134 valence electrons. The fourth-order valence-electron chi connectivity index (χ4n) is 2.88. The Morgan fingerprint density at radius 3 is 2.84 bits per heavy atom. The Kier molecular flexibility index (Phi) is 5.33. The molecule has 1 aliphatic heterocycles. The number of nitrogens with zero attached hydrogens (tertiary/aromatic N) is 3. The van der Waals surface area contributed by atoms with Crippen LogP contribution in [0.4, 0.5) is 9.18 Å². The third kappa shape index (κ3) is 4.36. The summed E-state index contributed by atoms with van der Waals surface area (Å²) < 4.78 is 14.6. The molecule has 2 unspecified atom stereocenters. The zero-order valence-electron chi connectivity index (χ0n) is 14.2.